The Bertz CT molecular complexity index is 838. The van der Waals surface area contributed by atoms with E-state index in [-0.39, 0.29) is 29.9 Å². The number of benzene rings is 1. The first-order chi connectivity index (χ1) is 12.5. The molecule has 2 N–H and O–H groups in total. The van der Waals surface area contributed by atoms with Crippen LogP contribution in [0.25, 0.3) is 10.9 Å². The predicted octanol–water partition coefficient (Wildman–Crippen LogP) is 2.10. The van der Waals surface area contributed by atoms with Crippen molar-refractivity contribution >= 4 is 22.7 Å². The van der Waals surface area contributed by atoms with Crippen LogP contribution in [-0.2, 0) is 16.0 Å². The summed E-state index contributed by atoms with van der Waals surface area (Å²) in [6.07, 6.45) is 1.72. The fourth-order valence-corrected chi connectivity index (χ4v) is 3.80. The Morgan fingerprint density at radius 3 is 2.81 bits per heavy atom. The number of likely N-dealkylation sites (tertiary alicyclic amines) is 1. The van der Waals surface area contributed by atoms with Gasteiger partial charge in [0.25, 0.3) is 5.91 Å². The van der Waals surface area contributed by atoms with Crippen LogP contribution in [-0.4, -0.2) is 53.5 Å². The number of nitrogens with zero attached hydrogens (tertiary/aromatic N) is 1. The van der Waals surface area contributed by atoms with Gasteiger partial charge >= 0.3 is 0 Å². The molecule has 0 bridgehead atoms. The second-order valence-electron chi connectivity index (χ2n) is 7.34. The first-order valence-electron chi connectivity index (χ1n) is 9.38. The number of aromatic amines is 1. The Morgan fingerprint density at radius 2 is 2.12 bits per heavy atom. The molecule has 0 spiro atoms. The van der Waals surface area contributed by atoms with Gasteiger partial charge in [-0.15, -0.1) is 0 Å². The lowest BCUT2D eigenvalue weighted by Gasteiger charge is -2.39. The number of carbonyl (C=O) groups is 2. The van der Waals surface area contributed by atoms with E-state index in [0.29, 0.717) is 25.4 Å². The van der Waals surface area contributed by atoms with E-state index in [1.165, 1.54) is 5.56 Å². The van der Waals surface area contributed by atoms with Gasteiger partial charge in [-0.3, -0.25) is 9.59 Å². The molecule has 6 heteroatoms. The molecule has 2 aromatic rings. The Labute approximate surface area is 152 Å². The van der Waals surface area contributed by atoms with Crippen LogP contribution in [0.1, 0.15) is 36.3 Å². The highest BCUT2D eigenvalue weighted by molar-refractivity contribution is 5.98. The van der Waals surface area contributed by atoms with Crippen molar-refractivity contribution in [1.82, 2.24) is 15.2 Å². The van der Waals surface area contributed by atoms with E-state index in [1.807, 2.05) is 19.1 Å². The van der Waals surface area contributed by atoms with Crippen LogP contribution in [0.2, 0.25) is 0 Å². The molecule has 6 nitrogen and oxygen atoms in total. The standard InChI is InChI=1S/C20H25N3O3/c1-3-13-4-5-14-9-18(22-17(14)8-13)20(25)23-10-15(11-23)21-19(24)16-6-7-26-12(16)2/h4-5,8-9,12,15-16,22H,3,6-7,10-11H2,1-2H3,(H,21,24). The molecule has 2 aliphatic heterocycles. The summed E-state index contributed by atoms with van der Waals surface area (Å²) >= 11 is 0. The number of carbonyl (C=O) groups excluding carboxylic acids is 2. The molecule has 1 aromatic heterocycles. The molecule has 2 fully saturated rings. The van der Waals surface area contributed by atoms with E-state index < -0.39 is 0 Å². The average molecular weight is 355 g/mol. The van der Waals surface area contributed by atoms with E-state index in [4.69, 9.17) is 4.74 Å². The van der Waals surface area contributed by atoms with Crippen molar-refractivity contribution in [3.63, 3.8) is 0 Å². The lowest BCUT2D eigenvalue weighted by atomic mass is 10.00. The molecule has 0 radical (unpaired) electrons. The zero-order chi connectivity index (χ0) is 18.3. The highest BCUT2D eigenvalue weighted by atomic mass is 16.5. The summed E-state index contributed by atoms with van der Waals surface area (Å²) in [5.41, 5.74) is 2.85. The van der Waals surface area contributed by atoms with Gasteiger partial charge in [-0.05, 0) is 37.5 Å². The molecule has 2 aliphatic rings. The number of nitrogens with one attached hydrogen (secondary N) is 2. The zero-order valence-corrected chi connectivity index (χ0v) is 15.2. The van der Waals surface area contributed by atoms with E-state index in [9.17, 15) is 9.59 Å². The van der Waals surface area contributed by atoms with Crippen molar-refractivity contribution in [3.05, 3.63) is 35.5 Å². The summed E-state index contributed by atoms with van der Waals surface area (Å²) < 4.78 is 5.45. The van der Waals surface area contributed by atoms with Gasteiger partial charge in [-0.1, -0.05) is 19.1 Å². The second kappa shape index (κ2) is 6.76. The highest BCUT2D eigenvalue weighted by Gasteiger charge is 2.36. The van der Waals surface area contributed by atoms with Crippen LogP contribution in [0.4, 0.5) is 0 Å². The Balaban J connectivity index is 1.35. The van der Waals surface area contributed by atoms with Gasteiger partial charge in [0.05, 0.1) is 18.1 Å². The van der Waals surface area contributed by atoms with E-state index in [2.05, 4.69) is 29.4 Å². The quantitative estimate of drug-likeness (QED) is 0.882. The van der Waals surface area contributed by atoms with Gasteiger partial charge in [0.2, 0.25) is 5.91 Å². The molecule has 26 heavy (non-hydrogen) atoms. The van der Waals surface area contributed by atoms with Gasteiger partial charge in [0, 0.05) is 30.6 Å². The monoisotopic (exact) mass is 355 g/mol. The minimum atomic E-state index is -0.0683. The average Bonchev–Trinajstić information content (AvgIpc) is 3.22. The number of ether oxygens (including phenoxy) is 1. The van der Waals surface area contributed by atoms with Gasteiger partial charge in [0.1, 0.15) is 5.69 Å². The molecule has 4 rings (SSSR count). The number of hydrogen-bond acceptors (Lipinski definition) is 3. The largest absolute Gasteiger partial charge is 0.378 e. The van der Waals surface area contributed by atoms with Crippen LogP contribution in [0.5, 0.6) is 0 Å². The fraction of sp³-hybridized carbons (Fsp3) is 0.500. The molecule has 2 saturated heterocycles. The minimum absolute atomic E-state index is 0.0117. The molecule has 2 atom stereocenters. The number of H-pyrrole nitrogens is 1. The topological polar surface area (TPSA) is 74.4 Å². The first kappa shape index (κ1) is 17.1. The Hall–Kier alpha value is -2.34. The molecular weight excluding hydrogens is 330 g/mol. The highest BCUT2D eigenvalue weighted by Crippen LogP contribution is 2.23. The summed E-state index contributed by atoms with van der Waals surface area (Å²) in [6, 6.07) is 8.17. The van der Waals surface area contributed by atoms with Crippen molar-refractivity contribution in [1.29, 1.82) is 0 Å². The number of fused-ring (bicyclic) bond motifs is 1. The van der Waals surface area contributed by atoms with E-state index in [1.54, 1.807) is 4.90 Å². The number of hydrogen-bond donors (Lipinski definition) is 2. The third-order valence-electron chi connectivity index (χ3n) is 5.55. The molecular formula is C20H25N3O3. The predicted molar refractivity (Wildman–Crippen MR) is 99.0 cm³/mol. The maximum Gasteiger partial charge on any atom is 0.270 e. The second-order valence-corrected chi connectivity index (χ2v) is 7.34. The summed E-state index contributed by atoms with van der Waals surface area (Å²) in [5.74, 6) is -0.0339. The number of aryl methyl sites for hydroxylation is 1. The Kier molecular flexibility index (Phi) is 4.44. The molecule has 0 saturated carbocycles. The van der Waals surface area contributed by atoms with Crippen molar-refractivity contribution in [2.45, 2.75) is 38.8 Å². The summed E-state index contributed by atoms with van der Waals surface area (Å²) in [7, 11) is 0. The van der Waals surface area contributed by atoms with Crippen molar-refractivity contribution < 1.29 is 14.3 Å². The fourth-order valence-electron chi connectivity index (χ4n) is 3.80. The van der Waals surface area contributed by atoms with Gasteiger partial charge < -0.3 is 19.9 Å². The lowest BCUT2D eigenvalue weighted by molar-refractivity contribution is -0.128. The Morgan fingerprint density at radius 1 is 1.31 bits per heavy atom. The first-order valence-corrected chi connectivity index (χ1v) is 9.38. The SMILES string of the molecule is CCc1ccc2cc(C(=O)N3CC(NC(=O)C4CCOC4C)C3)[nH]c2c1. The van der Waals surface area contributed by atoms with Gasteiger partial charge in [0.15, 0.2) is 0 Å². The van der Waals surface area contributed by atoms with Crippen LogP contribution in [0.3, 0.4) is 0 Å². The molecule has 1 aromatic carbocycles. The van der Waals surface area contributed by atoms with Crippen LogP contribution in [0.15, 0.2) is 24.3 Å². The molecule has 0 aliphatic carbocycles. The van der Waals surface area contributed by atoms with Crippen molar-refractivity contribution in [2.24, 2.45) is 5.92 Å². The normalized spacial score (nSPS) is 23.2. The molecule has 2 unspecified atom stereocenters. The van der Waals surface area contributed by atoms with Crippen molar-refractivity contribution in [3.8, 4) is 0 Å². The smallest absolute Gasteiger partial charge is 0.270 e. The van der Waals surface area contributed by atoms with Crippen molar-refractivity contribution in [2.75, 3.05) is 19.7 Å². The lowest BCUT2D eigenvalue weighted by Crippen LogP contribution is -2.61. The summed E-state index contributed by atoms with van der Waals surface area (Å²) in [6.45, 7) is 5.82. The zero-order valence-electron chi connectivity index (χ0n) is 15.2. The van der Waals surface area contributed by atoms with Gasteiger partial charge in [-0.25, -0.2) is 0 Å². The van der Waals surface area contributed by atoms with E-state index >= 15 is 0 Å². The van der Waals surface area contributed by atoms with Crippen LogP contribution >= 0.6 is 0 Å². The van der Waals surface area contributed by atoms with Gasteiger partial charge in [-0.2, -0.15) is 0 Å². The number of aromatic nitrogens is 1. The maximum absolute atomic E-state index is 12.7. The van der Waals surface area contributed by atoms with Crippen LogP contribution in [0, 0.1) is 5.92 Å². The van der Waals surface area contributed by atoms with E-state index in [0.717, 1.165) is 23.7 Å². The van der Waals surface area contributed by atoms with Crippen LogP contribution < -0.4 is 5.32 Å². The summed E-state index contributed by atoms with van der Waals surface area (Å²) in [5, 5.41) is 4.09. The maximum atomic E-state index is 12.7. The molecule has 3 heterocycles. The minimum Gasteiger partial charge on any atom is -0.378 e. The molecule has 2 amide bonds. The number of rotatable bonds is 4. The summed E-state index contributed by atoms with van der Waals surface area (Å²) in [4.78, 5) is 29.9. The third-order valence-corrected chi connectivity index (χ3v) is 5.55. The molecule has 138 valence electrons. The third kappa shape index (κ3) is 3.09. The number of amides is 2.